The van der Waals surface area contributed by atoms with E-state index in [9.17, 15) is 0 Å². The minimum absolute atomic E-state index is 0.0709. The van der Waals surface area contributed by atoms with Gasteiger partial charge in [0.15, 0.2) is 0 Å². The van der Waals surface area contributed by atoms with Crippen LogP contribution < -0.4 is 5.48 Å². The summed E-state index contributed by atoms with van der Waals surface area (Å²) in [5.41, 5.74) is 5.67. The third-order valence-corrected chi connectivity index (χ3v) is 4.30. The Balaban J connectivity index is 1.84. The summed E-state index contributed by atoms with van der Waals surface area (Å²) < 4.78 is 5.90. The van der Waals surface area contributed by atoms with Gasteiger partial charge in [0.25, 0.3) is 0 Å². The minimum atomic E-state index is 0.0709. The molecule has 2 rings (SSSR count). The van der Waals surface area contributed by atoms with E-state index in [0.29, 0.717) is 19.1 Å². The molecule has 2 aromatic rings. The first-order valence-corrected chi connectivity index (χ1v) is 9.28. The Labute approximate surface area is 152 Å². The summed E-state index contributed by atoms with van der Waals surface area (Å²) in [7, 11) is 0. The number of rotatable bonds is 11. The lowest BCUT2D eigenvalue weighted by Crippen LogP contribution is -2.38. The van der Waals surface area contributed by atoms with Gasteiger partial charge >= 0.3 is 0 Å². The molecule has 2 aromatic carbocycles. The molecule has 0 unspecified atom stereocenters. The summed E-state index contributed by atoms with van der Waals surface area (Å²) in [4.78, 5) is 6.06. The highest BCUT2D eigenvalue weighted by Gasteiger charge is 2.17. The largest absolute Gasteiger partial charge is 0.375 e. The monoisotopic (exact) mass is 341 g/mol. The molecule has 0 bridgehead atoms. The topological polar surface area (TPSA) is 30.5 Å². The van der Waals surface area contributed by atoms with E-state index in [4.69, 9.17) is 9.57 Å². The van der Waals surface area contributed by atoms with Gasteiger partial charge in [0.2, 0.25) is 0 Å². The van der Waals surface area contributed by atoms with Crippen LogP contribution in [0.4, 0.5) is 0 Å². The van der Waals surface area contributed by atoms with Crippen LogP contribution in [0.5, 0.6) is 0 Å². The predicted octanol–water partition coefficient (Wildman–Crippen LogP) is 5.29. The van der Waals surface area contributed by atoms with Crippen LogP contribution in [-0.2, 0) is 16.2 Å². The van der Waals surface area contributed by atoms with Crippen molar-refractivity contribution < 1.29 is 9.57 Å². The van der Waals surface area contributed by atoms with Crippen LogP contribution in [0.1, 0.15) is 50.8 Å². The molecular weight excluding hydrogens is 310 g/mol. The number of benzene rings is 2. The summed E-state index contributed by atoms with van der Waals surface area (Å²) in [6.07, 6.45) is 2.15. The van der Waals surface area contributed by atoms with Crippen molar-refractivity contribution in [3.05, 3.63) is 71.8 Å². The second-order valence-corrected chi connectivity index (χ2v) is 6.77. The maximum absolute atomic E-state index is 6.06. The highest BCUT2D eigenvalue weighted by atomic mass is 16.7. The van der Waals surface area contributed by atoms with E-state index < -0.39 is 0 Å². The zero-order chi connectivity index (χ0) is 17.9. The summed E-state index contributed by atoms with van der Waals surface area (Å²) in [5, 5.41) is 0. The lowest BCUT2D eigenvalue weighted by molar-refractivity contribution is -0.0750. The molecule has 1 N–H and O–H groups in total. The van der Waals surface area contributed by atoms with Crippen molar-refractivity contribution in [3.63, 3.8) is 0 Å². The van der Waals surface area contributed by atoms with E-state index in [1.165, 1.54) is 11.1 Å². The van der Waals surface area contributed by atoms with Gasteiger partial charge in [-0.3, -0.25) is 4.84 Å². The van der Waals surface area contributed by atoms with Gasteiger partial charge < -0.3 is 4.74 Å². The van der Waals surface area contributed by atoms with E-state index in [0.717, 1.165) is 12.8 Å². The molecule has 0 heterocycles. The molecule has 0 amide bonds. The predicted molar refractivity (Wildman–Crippen MR) is 103 cm³/mol. The average molecular weight is 341 g/mol. The van der Waals surface area contributed by atoms with Crippen molar-refractivity contribution in [1.82, 2.24) is 5.48 Å². The van der Waals surface area contributed by atoms with Gasteiger partial charge in [0.1, 0.15) is 6.10 Å². The number of hydrogen-bond donors (Lipinski definition) is 1. The first kappa shape index (κ1) is 19.6. The van der Waals surface area contributed by atoms with Crippen LogP contribution in [0.25, 0.3) is 0 Å². The van der Waals surface area contributed by atoms with Crippen LogP contribution in [0.15, 0.2) is 60.7 Å². The molecule has 0 radical (unpaired) electrons. The Bertz CT molecular complexity index is 571. The number of nitrogens with one attached hydrogen (secondary N) is 1. The standard InChI is InChI=1S/C22H31NO2/c1-4-11-22(20-14-9-6-10-15-20)25-23-21(18(2)3)17-24-16-19-12-7-5-8-13-19/h5-10,12-15,18,21-23H,4,11,16-17H2,1-3H3/t21-,22+/m0/s1. The molecule has 0 aliphatic heterocycles. The molecule has 0 fully saturated rings. The minimum Gasteiger partial charge on any atom is -0.375 e. The van der Waals surface area contributed by atoms with Crippen molar-refractivity contribution in [2.75, 3.05) is 6.61 Å². The molecule has 0 saturated carbocycles. The summed E-state index contributed by atoms with van der Waals surface area (Å²) >= 11 is 0. The highest BCUT2D eigenvalue weighted by molar-refractivity contribution is 5.17. The average Bonchev–Trinajstić information content (AvgIpc) is 2.64. The molecule has 0 spiro atoms. The van der Waals surface area contributed by atoms with Gasteiger partial charge in [-0.25, -0.2) is 0 Å². The number of ether oxygens (including phenoxy) is 1. The van der Waals surface area contributed by atoms with Crippen LogP contribution in [-0.4, -0.2) is 12.6 Å². The molecule has 3 nitrogen and oxygen atoms in total. The summed E-state index contributed by atoms with van der Waals surface area (Å²) in [6.45, 7) is 7.81. The fourth-order valence-corrected chi connectivity index (χ4v) is 2.63. The zero-order valence-corrected chi connectivity index (χ0v) is 15.7. The van der Waals surface area contributed by atoms with E-state index in [-0.39, 0.29) is 12.1 Å². The van der Waals surface area contributed by atoms with Crippen molar-refractivity contribution in [3.8, 4) is 0 Å². The van der Waals surface area contributed by atoms with Gasteiger partial charge in [-0.15, -0.1) is 0 Å². The molecule has 0 aromatic heterocycles. The van der Waals surface area contributed by atoms with E-state index in [2.05, 4.69) is 62.6 Å². The van der Waals surface area contributed by atoms with Crippen LogP contribution in [0.2, 0.25) is 0 Å². The first-order chi connectivity index (χ1) is 12.2. The molecule has 2 atom stereocenters. The molecule has 136 valence electrons. The smallest absolute Gasteiger partial charge is 0.104 e. The Hall–Kier alpha value is -1.68. The normalized spacial score (nSPS) is 13.8. The van der Waals surface area contributed by atoms with Gasteiger partial charge in [-0.05, 0) is 23.5 Å². The zero-order valence-electron chi connectivity index (χ0n) is 15.7. The molecule has 0 saturated heterocycles. The Morgan fingerprint density at radius 2 is 1.56 bits per heavy atom. The van der Waals surface area contributed by atoms with Crippen LogP contribution in [0, 0.1) is 5.92 Å². The maximum Gasteiger partial charge on any atom is 0.104 e. The fraction of sp³-hybridized carbons (Fsp3) is 0.455. The highest BCUT2D eigenvalue weighted by Crippen LogP contribution is 2.22. The summed E-state index contributed by atoms with van der Waals surface area (Å²) in [6, 6.07) is 20.8. The maximum atomic E-state index is 6.06. The van der Waals surface area contributed by atoms with Crippen molar-refractivity contribution in [2.24, 2.45) is 5.92 Å². The van der Waals surface area contributed by atoms with Crippen molar-refractivity contribution in [2.45, 2.75) is 52.4 Å². The second-order valence-electron chi connectivity index (χ2n) is 6.77. The van der Waals surface area contributed by atoms with E-state index in [1.807, 2.05) is 24.3 Å². The Kier molecular flexibility index (Phi) is 8.67. The lowest BCUT2D eigenvalue weighted by atomic mass is 10.1. The molecule has 0 aliphatic rings. The quantitative estimate of drug-likeness (QED) is 0.563. The van der Waals surface area contributed by atoms with Crippen LogP contribution >= 0.6 is 0 Å². The third-order valence-electron chi connectivity index (χ3n) is 4.30. The fourth-order valence-electron chi connectivity index (χ4n) is 2.63. The number of hydroxylamine groups is 1. The van der Waals surface area contributed by atoms with Gasteiger partial charge in [0.05, 0.1) is 19.3 Å². The van der Waals surface area contributed by atoms with Crippen molar-refractivity contribution >= 4 is 0 Å². The van der Waals surface area contributed by atoms with E-state index in [1.54, 1.807) is 0 Å². The van der Waals surface area contributed by atoms with Gasteiger partial charge in [-0.1, -0.05) is 87.9 Å². The second kappa shape index (κ2) is 11.0. The van der Waals surface area contributed by atoms with Gasteiger partial charge in [-0.2, -0.15) is 5.48 Å². The van der Waals surface area contributed by atoms with Crippen molar-refractivity contribution in [1.29, 1.82) is 0 Å². The summed E-state index contributed by atoms with van der Waals surface area (Å²) in [5.74, 6) is 0.425. The molecular formula is C22H31NO2. The van der Waals surface area contributed by atoms with Crippen LogP contribution in [0.3, 0.4) is 0 Å². The molecule has 0 aliphatic carbocycles. The van der Waals surface area contributed by atoms with Gasteiger partial charge in [0, 0.05) is 0 Å². The third kappa shape index (κ3) is 6.99. The first-order valence-electron chi connectivity index (χ1n) is 9.28. The van der Waals surface area contributed by atoms with E-state index >= 15 is 0 Å². The number of hydrogen-bond acceptors (Lipinski definition) is 3. The Morgan fingerprint density at radius 3 is 2.16 bits per heavy atom. The molecule has 25 heavy (non-hydrogen) atoms. The lowest BCUT2D eigenvalue weighted by Gasteiger charge is -2.26. The Morgan fingerprint density at radius 1 is 0.920 bits per heavy atom. The SMILES string of the molecule is CCC[C@@H](ON[C@@H](COCc1ccccc1)C(C)C)c1ccccc1. The molecule has 3 heteroatoms.